The molecular weight excluding hydrogens is 454 g/mol. The third-order valence-corrected chi connectivity index (χ3v) is 6.46. The number of rotatable bonds is 3. The van der Waals surface area contributed by atoms with E-state index in [1.165, 1.54) is 16.2 Å². The number of thiophene rings is 1. The van der Waals surface area contributed by atoms with Crippen LogP contribution in [0.5, 0.6) is 11.5 Å². The highest BCUT2D eigenvalue weighted by Gasteiger charge is 2.35. The Labute approximate surface area is 179 Å². The van der Waals surface area contributed by atoms with Crippen molar-refractivity contribution in [1.29, 1.82) is 0 Å². The van der Waals surface area contributed by atoms with Gasteiger partial charge < -0.3 is 9.47 Å². The van der Waals surface area contributed by atoms with E-state index in [0.717, 1.165) is 14.9 Å². The van der Waals surface area contributed by atoms with Crippen LogP contribution in [0.15, 0.2) is 58.4 Å². The summed E-state index contributed by atoms with van der Waals surface area (Å²) in [7, 11) is 0. The summed E-state index contributed by atoms with van der Waals surface area (Å²) in [5.74, 6) is 0.682. The molecule has 29 heavy (non-hydrogen) atoms. The van der Waals surface area contributed by atoms with Crippen molar-refractivity contribution < 1.29 is 19.1 Å². The second kappa shape index (κ2) is 7.17. The van der Waals surface area contributed by atoms with Crippen LogP contribution in [-0.2, 0) is 11.3 Å². The van der Waals surface area contributed by atoms with Crippen molar-refractivity contribution in [3.05, 3.63) is 80.0 Å². The van der Waals surface area contributed by atoms with Crippen LogP contribution < -0.4 is 9.47 Å². The number of imide groups is 1. The molecule has 2 aromatic carbocycles. The normalized spacial score (nSPS) is 16.4. The SMILES string of the molecule is O=C1/C(=C/c2cc(Br)cs2)c2ccccc2C(=O)N1Cc1ccc2c(c1)OCO2. The van der Waals surface area contributed by atoms with Crippen molar-refractivity contribution in [2.75, 3.05) is 6.79 Å². The Balaban J connectivity index is 1.55. The molecule has 144 valence electrons. The quantitative estimate of drug-likeness (QED) is 0.403. The topological polar surface area (TPSA) is 55.8 Å². The highest BCUT2D eigenvalue weighted by Crippen LogP contribution is 2.35. The van der Waals surface area contributed by atoms with E-state index in [4.69, 9.17) is 9.47 Å². The number of nitrogens with zero attached hydrogens (tertiary/aromatic N) is 1. The minimum atomic E-state index is -0.309. The summed E-state index contributed by atoms with van der Waals surface area (Å²) in [6.07, 6.45) is 1.84. The Hall–Kier alpha value is -2.90. The van der Waals surface area contributed by atoms with Crippen LogP contribution in [0.25, 0.3) is 11.6 Å². The van der Waals surface area contributed by atoms with Crippen molar-refractivity contribution in [3.8, 4) is 11.5 Å². The molecule has 3 heterocycles. The van der Waals surface area contributed by atoms with E-state index >= 15 is 0 Å². The molecule has 0 atom stereocenters. The van der Waals surface area contributed by atoms with Gasteiger partial charge in [0.15, 0.2) is 11.5 Å². The maximum Gasteiger partial charge on any atom is 0.261 e. The van der Waals surface area contributed by atoms with Gasteiger partial charge in [0.25, 0.3) is 11.8 Å². The fraction of sp³-hybridized carbons (Fsp3) is 0.0909. The van der Waals surface area contributed by atoms with Crippen LogP contribution in [0.1, 0.15) is 26.4 Å². The number of hydrogen-bond donors (Lipinski definition) is 0. The van der Waals surface area contributed by atoms with Crippen molar-refractivity contribution in [3.63, 3.8) is 0 Å². The molecule has 2 aliphatic rings. The number of benzene rings is 2. The van der Waals surface area contributed by atoms with Gasteiger partial charge in [0, 0.05) is 25.9 Å². The molecule has 1 aromatic heterocycles. The Bertz CT molecular complexity index is 1180. The number of amides is 2. The second-order valence-electron chi connectivity index (χ2n) is 6.65. The first-order valence-electron chi connectivity index (χ1n) is 8.90. The van der Waals surface area contributed by atoms with E-state index in [1.54, 1.807) is 12.1 Å². The van der Waals surface area contributed by atoms with Crippen LogP contribution in [0.2, 0.25) is 0 Å². The predicted octanol–water partition coefficient (Wildman–Crippen LogP) is 4.96. The lowest BCUT2D eigenvalue weighted by Gasteiger charge is -2.28. The summed E-state index contributed by atoms with van der Waals surface area (Å²) in [4.78, 5) is 28.6. The molecule has 0 fully saturated rings. The van der Waals surface area contributed by atoms with Gasteiger partial charge in [-0.2, -0.15) is 0 Å². The molecule has 3 aromatic rings. The number of hydrogen-bond acceptors (Lipinski definition) is 5. The van der Waals surface area contributed by atoms with Crippen LogP contribution >= 0.6 is 27.3 Å². The average Bonchev–Trinajstić information content (AvgIpc) is 3.36. The van der Waals surface area contributed by atoms with E-state index in [-0.39, 0.29) is 25.2 Å². The number of ether oxygens (including phenoxy) is 2. The predicted molar refractivity (Wildman–Crippen MR) is 114 cm³/mol. The maximum absolute atomic E-state index is 13.3. The zero-order chi connectivity index (χ0) is 20.0. The molecule has 0 saturated heterocycles. The van der Waals surface area contributed by atoms with Crippen LogP contribution in [0.3, 0.4) is 0 Å². The third-order valence-electron chi connectivity index (χ3n) is 4.82. The van der Waals surface area contributed by atoms with Gasteiger partial charge in [-0.3, -0.25) is 14.5 Å². The van der Waals surface area contributed by atoms with Gasteiger partial charge in [-0.15, -0.1) is 11.3 Å². The zero-order valence-corrected chi connectivity index (χ0v) is 17.5. The molecule has 0 saturated carbocycles. The number of fused-ring (bicyclic) bond motifs is 2. The molecule has 5 rings (SSSR count). The molecule has 5 nitrogen and oxygen atoms in total. The van der Waals surface area contributed by atoms with E-state index < -0.39 is 0 Å². The minimum absolute atomic E-state index is 0.161. The Morgan fingerprint density at radius 1 is 1.00 bits per heavy atom. The summed E-state index contributed by atoms with van der Waals surface area (Å²) in [5.41, 5.74) is 2.49. The monoisotopic (exact) mass is 467 g/mol. The molecule has 0 N–H and O–H groups in total. The van der Waals surface area contributed by atoms with Crippen molar-refractivity contribution >= 4 is 50.7 Å². The Kier molecular flexibility index (Phi) is 4.49. The number of carbonyl (C=O) groups excluding carboxylic acids is 2. The van der Waals surface area contributed by atoms with Crippen LogP contribution in [0, 0.1) is 0 Å². The van der Waals surface area contributed by atoms with E-state index in [1.807, 2.05) is 47.9 Å². The van der Waals surface area contributed by atoms with E-state index in [0.29, 0.717) is 28.2 Å². The Morgan fingerprint density at radius 3 is 2.59 bits per heavy atom. The van der Waals surface area contributed by atoms with Crippen molar-refractivity contribution in [1.82, 2.24) is 4.90 Å². The van der Waals surface area contributed by atoms with Gasteiger partial charge in [-0.1, -0.05) is 24.3 Å². The fourth-order valence-corrected chi connectivity index (χ4v) is 4.83. The van der Waals surface area contributed by atoms with Crippen LogP contribution in [0.4, 0.5) is 0 Å². The lowest BCUT2D eigenvalue weighted by atomic mass is 9.92. The largest absolute Gasteiger partial charge is 0.454 e. The zero-order valence-electron chi connectivity index (χ0n) is 15.1. The fourth-order valence-electron chi connectivity index (χ4n) is 3.45. The summed E-state index contributed by atoms with van der Waals surface area (Å²) >= 11 is 4.97. The molecular formula is C22H14BrNO4S. The molecule has 0 unspecified atom stereocenters. The lowest BCUT2D eigenvalue weighted by Crippen LogP contribution is -2.41. The first-order chi connectivity index (χ1) is 14.1. The summed E-state index contributed by atoms with van der Waals surface area (Å²) in [5, 5.41) is 1.96. The van der Waals surface area contributed by atoms with Gasteiger partial charge in [-0.05, 0) is 57.4 Å². The molecule has 7 heteroatoms. The summed E-state index contributed by atoms with van der Waals surface area (Å²) < 4.78 is 11.7. The summed E-state index contributed by atoms with van der Waals surface area (Å²) in [6, 6.07) is 14.6. The highest BCUT2D eigenvalue weighted by molar-refractivity contribution is 9.10. The van der Waals surface area contributed by atoms with Gasteiger partial charge in [-0.25, -0.2) is 0 Å². The van der Waals surface area contributed by atoms with Gasteiger partial charge >= 0.3 is 0 Å². The van der Waals surface area contributed by atoms with E-state index in [2.05, 4.69) is 15.9 Å². The van der Waals surface area contributed by atoms with Gasteiger partial charge in [0.1, 0.15) is 0 Å². The maximum atomic E-state index is 13.3. The molecule has 0 radical (unpaired) electrons. The first kappa shape index (κ1) is 18.1. The Morgan fingerprint density at radius 2 is 1.79 bits per heavy atom. The number of halogens is 1. The highest BCUT2D eigenvalue weighted by atomic mass is 79.9. The van der Waals surface area contributed by atoms with E-state index in [9.17, 15) is 9.59 Å². The van der Waals surface area contributed by atoms with Crippen LogP contribution in [-0.4, -0.2) is 23.5 Å². The van der Waals surface area contributed by atoms with Crippen molar-refractivity contribution in [2.24, 2.45) is 0 Å². The average molecular weight is 468 g/mol. The minimum Gasteiger partial charge on any atom is -0.454 e. The second-order valence-corrected chi connectivity index (χ2v) is 8.51. The van der Waals surface area contributed by atoms with Gasteiger partial charge in [0.05, 0.1) is 6.54 Å². The molecule has 2 aliphatic heterocycles. The third kappa shape index (κ3) is 3.26. The standard InChI is InChI=1S/C22H14BrNO4S/c23-14-8-15(29-11-14)9-18-16-3-1-2-4-17(16)21(25)24(22(18)26)10-13-5-6-19-20(7-13)28-12-27-19/h1-9,11H,10,12H2/b18-9+. The first-order valence-corrected chi connectivity index (χ1v) is 10.6. The molecule has 0 aliphatic carbocycles. The molecule has 0 bridgehead atoms. The number of carbonyl (C=O) groups is 2. The van der Waals surface area contributed by atoms with Crippen molar-refractivity contribution in [2.45, 2.75) is 6.54 Å². The smallest absolute Gasteiger partial charge is 0.261 e. The summed E-state index contributed by atoms with van der Waals surface area (Å²) in [6.45, 7) is 0.338. The lowest BCUT2D eigenvalue weighted by molar-refractivity contribution is -0.123. The molecule has 0 spiro atoms. The van der Waals surface area contributed by atoms with Gasteiger partial charge in [0.2, 0.25) is 6.79 Å². The molecule has 2 amide bonds.